The maximum Gasteiger partial charge on any atom is 0.348 e. The van der Waals surface area contributed by atoms with E-state index >= 15 is 0 Å². The fraction of sp³-hybridized carbons (Fsp3) is 0.500. The lowest BCUT2D eigenvalue weighted by Crippen LogP contribution is -2.35. The van der Waals surface area contributed by atoms with Crippen LogP contribution in [-0.2, 0) is 38.6 Å². The maximum atomic E-state index is 11.8. The normalized spacial score (nSPS) is 14.8. The van der Waals surface area contributed by atoms with Crippen LogP contribution < -0.4 is 0 Å². The molecule has 0 atom stereocenters. The molecule has 0 aliphatic carbocycles. The maximum absolute atomic E-state index is 11.8. The number of sulfone groups is 1. The summed E-state index contributed by atoms with van der Waals surface area (Å²) < 4.78 is 23.7. The second kappa shape index (κ2) is 9.06. The van der Waals surface area contributed by atoms with Crippen LogP contribution in [0.15, 0.2) is 12.2 Å². The molecule has 0 unspecified atom stereocenters. The molecule has 0 radical (unpaired) electrons. The van der Waals surface area contributed by atoms with Gasteiger partial charge in [-0.15, -0.1) is 5.06 Å². The van der Waals surface area contributed by atoms with E-state index in [1.807, 2.05) is 0 Å². The fourth-order valence-corrected chi connectivity index (χ4v) is 3.07. The largest absolute Gasteiger partial charge is 0.348 e. The van der Waals surface area contributed by atoms with Gasteiger partial charge in [0.25, 0.3) is 17.7 Å². The van der Waals surface area contributed by atoms with Crippen LogP contribution in [0.3, 0.4) is 0 Å². The van der Waals surface area contributed by atoms with Crippen LogP contribution in [-0.4, -0.2) is 66.5 Å². The number of carbonyl (C=O) groups is 5. The molecule has 0 aromatic rings. The zero-order valence-electron chi connectivity index (χ0n) is 13.5. The molecule has 1 heterocycles. The summed E-state index contributed by atoms with van der Waals surface area (Å²) in [6, 6.07) is 0. The molecule has 10 nitrogen and oxygen atoms in total. The third kappa shape index (κ3) is 6.45. The van der Waals surface area contributed by atoms with Gasteiger partial charge < -0.3 is 4.84 Å². The van der Waals surface area contributed by atoms with Gasteiger partial charge in [0.05, 0.1) is 5.75 Å². The van der Waals surface area contributed by atoms with E-state index in [1.54, 1.807) is 6.92 Å². The molecule has 0 saturated carbocycles. The highest BCUT2D eigenvalue weighted by Crippen LogP contribution is 2.12. The lowest BCUT2D eigenvalue weighted by molar-refractivity contribution is -0.195. The summed E-state index contributed by atoms with van der Waals surface area (Å²) in [4.78, 5) is 61.7. The number of hydrogen-bond donors (Lipinski definition) is 0. The van der Waals surface area contributed by atoms with Crippen LogP contribution in [0, 0.1) is 0 Å². The molecule has 0 aromatic carbocycles. The third-order valence-corrected chi connectivity index (χ3v) is 4.70. The molecular weight excluding hydrogens is 356 g/mol. The van der Waals surface area contributed by atoms with E-state index in [1.165, 1.54) is 6.08 Å². The first-order valence-electron chi connectivity index (χ1n) is 7.35. The summed E-state index contributed by atoms with van der Waals surface area (Å²) in [7, 11) is -3.90. The third-order valence-electron chi connectivity index (χ3n) is 3.11. The molecule has 25 heavy (non-hydrogen) atoms. The van der Waals surface area contributed by atoms with Gasteiger partial charge in [-0.3, -0.25) is 24.1 Å². The zero-order valence-corrected chi connectivity index (χ0v) is 14.4. The van der Waals surface area contributed by atoms with Gasteiger partial charge in [-0.1, -0.05) is 6.08 Å². The van der Waals surface area contributed by atoms with Crippen molar-refractivity contribution >= 4 is 39.9 Å². The van der Waals surface area contributed by atoms with Crippen molar-refractivity contribution in [3.63, 3.8) is 0 Å². The first kappa shape index (κ1) is 20.5. The predicted molar refractivity (Wildman–Crippen MR) is 83.0 cm³/mol. The Morgan fingerprint density at radius 1 is 1.24 bits per heavy atom. The molecule has 1 fully saturated rings. The molecule has 4 amide bonds. The Morgan fingerprint density at radius 2 is 1.84 bits per heavy atom. The topological polar surface area (TPSA) is 135 Å². The summed E-state index contributed by atoms with van der Waals surface area (Å²) in [5, 5.41) is 0.266. The highest BCUT2D eigenvalue weighted by atomic mass is 32.2. The predicted octanol–water partition coefficient (Wildman–Crippen LogP) is -1.04. The van der Waals surface area contributed by atoms with Crippen molar-refractivity contribution in [3.8, 4) is 0 Å². The molecule has 11 heteroatoms. The Morgan fingerprint density at radius 3 is 2.36 bits per heavy atom. The van der Waals surface area contributed by atoms with Gasteiger partial charge in [-0.2, -0.15) is 0 Å². The molecule has 0 bridgehead atoms. The molecule has 0 aromatic heterocycles. The minimum absolute atomic E-state index is 0.0702. The summed E-state index contributed by atoms with van der Waals surface area (Å²) in [5.74, 6) is -4.74. The monoisotopic (exact) mass is 374 g/mol. The van der Waals surface area contributed by atoms with Crippen molar-refractivity contribution in [2.24, 2.45) is 0 Å². The molecular formula is C14H18N2O8S. The number of amides is 4. The summed E-state index contributed by atoms with van der Waals surface area (Å²) in [6.45, 7) is 1.46. The van der Waals surface area contributed by atoms with Gasteiger partial charge in [0.15, 0.2) is 15.6 Å². The van der Waals surface area contributed by atoms with E-state index < -0.39 is 45.0 Å². The first-order chi connectivity index (χ1) is 11.7. The van der Waals surface area contributed by atoms with Crippen LogP contribution in [0.25, 0.3) is 0 Å². The number of allylic oxidation sites excluding steroid dienone is 1. The molecule has 0 spiro atoms. The van der Waals surface area contributed by atoms with Crippen molar-refractivity contribution in [2.45, 2.75) is 26.2 Å². The smallest absolute Gasteiger partial charge is 0.329 e. The highest BCUT2D eigenvalue weighted by molar-refractivity contribution is 7.92. The first-order valence-corrected chi connectivity index (χ1v) is 9.18. The molecule has 1 aliphatic heterocycles. The Kier molecular flexibility index (Phi) is 7.43. The highest BCUT2D eigenvalue weighted by Gasteiger charge is 2.33. The summed E-state index contributed by atoms with van der Waals surface area (Å²) in [6.07, 6.45) is 2.62. The minimum atomic E-state index is -3.90. The average Bonchev–Trinajstić information content (AvgIpc) is 2.83. The van der Waals surface area contributed by atoms with Crippen LogP contribution in [0.4, 0.5) is 0 Å². The minimum Gasteiger partial charge on any atom is -0.329 e. The van der Waals surface area contributed by atoms with E-state index in [9.17, 15) is 32.4 Å². The number of imide groups is 2. The van der Waals surface area contributed by atoms with E-state index in [0.717, 1.165) is 11.0 Å². The number of nitrogens with zero attached hydrogens (tertiary/aromatic N) is 2. The second-order valence-corrected chi connectivity index (χ2v) is 7.31. The van der Waals surface area contributed by atoms with Crippen LogP contribution >= 0.6 is 0 Å². The Labute approximate surface area is 144 Å². The lowest BCUT2D eigenvalue weighted by Gasteiger charge is -2.14. The summed E-state index contributed by atoms with van der Waals surface area (Å²) in [5.41, 5.74) is 0. The van der Waals surface area contributed by atoms with Crippen molar-refractivity contribution in [3.05, 3.63) is 12.2 Å². The van der Waals surface area contributed by atoms with Crippen LogP contribution in [0.5, 0.6) is 0 Å². The van der Waals surface area contributed by atoms with Gasteiger partial charge in [0.1, 0.15) is 0 Å². The van der Waals surface area contributed by atoms with E-state index in [4.69, 9.17) is 0 Å². The number of hydrogen-bond acceptors (Lipinski definition) is 8. The van der Waals surface area contributed by atoms with Crippen molar-refractivity contribution in [1.82, 2.24) is 9.96 Å². The SMILES string of the molecule is C/C=C\C(=O)N(C=O)CCCS(=O)(=O)CC(=O)ON1C(=O)CCC1=O. The molecule has 1 aliphatic rings. The van der Waals surface area contributed by atoms with Crippen molar-refractivity contribution < 1.29 is 37.2 Å². The lowest BCUT2D eigenvalue weighted by atomic mass is 10.4. The molecule has 138 valence electrons. The van der Waals surface area contributed by atoms with Gasteiger partial charge >= 0.3 is 5.97 Å². The Hall–Kier alpha value is -2.56. The number of rotatable bonds is 9. The van der Waals surface area contributed by atoms with Gasteiger partial charge in [0.2, 0.25) is 6.41 Å². The quantitative estimate of drug-likeness (QED) is 0.284. The van der Waals surface area contributed by atoms with Crippen LogP contribution in [0.2, 0.25) is 0 Å². The average molecular weight is 374 g/mol. The number of hydroxylamine groups is 2. The molecule has 0 N–H and O–H groups in total. The van der Waals surface area contributed by atoms with E-state index in [2.05, 4.69) is 4.84 Å². The second-order valence-electron chi connectivity index (χ2n) is 5.13. The molecule has 1 saturated heterocycles. The standard InChI is InChI=1S/C14H18N2O8S/c1-2-4-11(18)15(10-17)7-3-8-25(22,23)9-14(21)24-16-12(19)5-6-13(16)20/h2,4,10H,3,5-9H2,1H3/b4-2-. The summed E-state index contributed by atoms with van der Waals surface area (Å²) >= 11 is 0. The number of carbonyl (C=O) groups excluding carboxylic acids is 5. The van der Waals surface area contributed by atoms with Gasteiger partial charge in [-0.05, 0) is 19.4 Å². The van der Waals surface area contributed by atoms with Gasteiger partial charge in [0, 0.05) is 19.4 Å². The Bertz CT molecular complexity index is 682. The Balaban J connectivity index is 2.48. The molecule has 1 rings (SSSR count). The van der Waals surface area contributed by atoms with E-state index in [0.29, 0.717) is 0 Å². The van der Waals surface area contributed by atoms with E-state index in [-0.39, 0.29) is 37.3 Å². The zero-order chi connectivity index (χ0) is 19.0. The van der Waals surface area contributed by atoms with Gasteiger partial charge in [-0.25, -0.2) is 13.2 Å². The van der Waals surface area contributed by atoms with Crippen LogP contribution in [0.1, 0.15) is 26.2 Å². The van der Waals surface area contributed by atoms with Crippen molar-refractivity contribution in [2.75, 3.05) is 18.1 Å². The fourth-order valence-electron chi connectivity index (χ4n) is 1.95. The van der Waals surface area contributed by atoms with Crippen molar-refractivity contribution in [1.29, 1.82) is 0 Å².